The molecule has 0 saturated heterocycles. The molecule has 1 N–H and O–H groups in total. The van der Waals surface area contributed by atoms with Gasteiger partial charge in [-0.2, -0.15) is 0 Å². The first kappa shape index (κ1) is 18.2. The second-order valence-corrected chi connectivity index (χ2v) is 6.91. The normalized spacial score (nSPS) is 10.8. The third-order valence-electron chi connectivity index (χ3n) is 4.10. The zero-order valence-electron chi connectivity index (χ0n) is 14.6. The number of aromatic amines is 1. The van der Waals surface area contributed by atoms with Crippen molar-refractivity contribution in [2.24, 2.45) is 0 Å². The van der Waals surface area contributed by atoms with Crippen LogP contribution in [-0.4, -0.2) is 26.3 Å². The Hall–Kier alpha value is -2.60. The molecule has 1 aromatic heterocycles. The molecular weight excluding hydrogens is 346 g/mol. The minimum absolute atomic E-state index is 0.0205. The van der Waals surface area contributed by atoms with Gasteiger partial charge in [-0.25, -0.2) is 9.89 Å². The average Bonchev–Trinajstić information content (AvgIpc) is 3.04. The van der Waals surface area contributed by atoms with Crippen LogP contribution in [0.15, 0.2) is 64.5 Å². The van der Waals surface area contributed by atoms with Gasteiger partial charge in [-0.15, -0.1) is 5.10 Å². The minimum Gasteiger partial charge on any atom is -0.293 e. The zero-order chi connectivity index (χ0) is 18.4. The van der Waals surface area contributed by atoms with Crippen molar-refractivity contribution in [2.75, 3.05) is 5.75 Å². The van der Waals surface area contributed by atoms with Gasteiger partial charge in [0, 0.05) is 12.1 Å². The number of carbonyl (C=O) groups excluding carboxylic acids is 1. The number of ketones is 1. The maximum absolute atomic E-state index is 12.5. The Morgan fingerprint density at radius 1 is 1.08 bits per heavy atom. The van der Waals surface area contributed by atoms with Crippen LogP contribution in [0.5, 0.6) is 0 Å². The van der Waals surface area contributed by atoms with Crippen LogP contribution in [-0.2, 0) is 6.54 Å². The van der Waals surface area contributed by atoms with Crippen LogP contribution in [0.4, 0.5) is 0 Å². The molecule has 0 fully saturated rings. The van der Waals surface area contributed by atoms with E-state index in [1.54, 1.807) is 4.57 Å². The lowest BCUT2D eigenvalue weighted by molar-refractivity contribution is 0.102. The van der Waals surface area contributed by atoms with Crippen LogP contribution >= 0.6 is 11.8 Å². The van der Waals surface area contributed by atoms with Crippen molar-refractivity contribution in [2.45, 2.75) is 31.5 Å². The van der Waals surface area contributed by atoms with E-state index in [1.165, 1.54) is 11.8 Å². The van der Waals surface area contributed by atoms with Gasteiger partial charge in [-0.05, 0) is 17.5 Å². The molecule has 0 radical (unpaired) electrons. The summed E-state index contributed by atoms with van der Waals surface area (Å²) in [7, 11) is 0. The van der Waals surface area contributed by atoms with Crippen LogP contribution in [0.2, 0.25) is 0 Å². The number of benzene rings is 2. The number of Topliss-reactive ketones (excluding diaryl/α,β-unsaturated/α-hetero) is 1. The van der Waals surface area contributed by atoms with Crippen LogP contribution in [0.1, 0.15) is 30.1 Å². The van der Waals surface area contributed by atoms with Gasteiger partial charge in [0.05, 0.1) is 5.75 Å². The number of H-pyrrole nitrogens is 1. The van der Waals surface area contributed by atoms with Crippen molar-refractivity contribution in [3.63, 3.8) is 0 Å². The first-order valence-corrected chi connectivity index (χ1v) is 9.64. The van der Waals surface area contributed by atoms with Gasteiger partial charge in [0.25, 0.3) is 0 Å². The second-order valence-electron chi connectivity index (χ2n) is 5.97. The van der Waals surface area contributed by atoms with E-state index in [4.69, 9.17) is 0 Å². The summed E-state index contributed by atoms with van der Waals surface area (Å²) in [6.45, 7) is 2.69. The van der Waals surface area contributed by atoms with Crippen molar-refractivity contribution in [3.05, 3.63) is 70.6 Å². The van der Waals surface area contributed by atoms with E-state index in [9.17, 15) is 9.59 Å². The molecule has 0 atom stereocenters. The summed E-state index contributed by atoms with van der Waals surface area (Å²) < 4.78 is 1.60. The van der Waals surface area contributed by atoms with Crippen molar-refractivity contribution in [3.8, 4) is 11.1 Å². The number of carbonyl (C=O) groups is 1. The second kappa shape index (κ2) is 8.67. The molecule has 134 valence electrons. The smallest absolute Gasteiger partial charge is 0.293 e. The molecule has 0 unspecified atom stereocenters. The van der Waals surface area contributed by atoms with Gasteiger partial charge < -0.3 is 0 Å². The Bertz CT molecular complexity index is 914. The quantitative estimate of drug-likeness (QED) is 0.482. The molecule has 0 spiro atoms. The molecule has 0 aliphatic heterocycles. The molecule has 0 aliphatic rings. The summed E-state index contributed by atoms with van der Waals surface area (Å²) in [6, 6.07) is 17.7. The first-order chi connectivity index (χ1) is 12.7. The predicted molar refractivity (Wildman–Crippen MR) is 105 cm³/mol. The highest BCUT2D eigenvalue weighted by atomic mass is 32.2. The summed E-state index contributed by atoms with van der Waals surface area (Å²) in [4.78, 5) is 24.2. The van der Waals surface area contributed by atoms with Crippen LogP contribution in [0.3, 0.4) is 0 Å². The van der Waals surface area contributed by atoms with Crippen LogP contribution in [0.25, 0.3) is 11.1 Å². The largest absolute Gasteiger partial charge is 0.343 e. The number of nitrogens with one attached hydrogen (secondary N) is 1. The number of aromatic nitrogens is 3. The Balaban J connectivity index is 1.65. The summed E-state index contributed by atoms with van der Waals surface area (Å²) >= 11 is 1.29. The minimum atomic E-state index is -0.222. The van der Waals surface area contributed by atoms with E-state index in [2.05, 4.69) is 17.1 Å². The molecule has 2 aromatic carbocycles. The zero-order valence-corrected chi connectivity index (χ0v) is 15.5. The highest BCUT2D eigenvalue weighted by Crippen LogP contribution is 2.21. The third kappa shape index (κ3) is 4.32. The van der Waals surface area contributed by atoms with Crippen molar-refractivity contribution < 1.29 is 4.79 Å². The topological polar surface area (TPSA) is 67.8 Å². The Morgan fingerprint density at radius 2 is 1.77 bits per heavy atom. The van der Waals surface area contributed by atoms with Gasteiger partial charge in [0.1, 0.15) is 0 Å². The summed E-state index contributed by atoms with van der Waals surface area (Å²) in [5.41, 5.74) is 2.64. The highest BCUT2D eigenvalue weighted by Gasteiger charge is 2.12. The molecule has 0 amide bonds. The fourth-order valence-electron chi connectivity index (χ4n) is 2.62. The van der Waals surface area contributed by atoms with Gasteiger partial charge in [0.15, 0.2) is 10.9 Å². The van der Waals surface area contributed by atoms with E-state index in [0.717, 1.165) is 24.0 Å². The van der Waals surface area contributed by atoms with Gasteiger partial charge in [0.2, 0.25) is 0 Å². The van der Waals surface area contributed by atoms with Crippen LogP contribution < -0.4 is 5.69 Å². The van der Waals surface area contributed by atoms with E-state index < -0.39 is 0 Å². The lowest BCUT2D eigenvalue weighted by Crippen LogP contribution is -2.18. The summed E-state index contributed by atoms with van der Waals surface area (Å²) in [6.07, 6.45) is 1.90. The van der Waals surface area contributed by atoms with Gasteiger partial charge in [-0.3, -0.25) is 9.36 Å². The number of thioether (sulfide) groups is 1. The van der Waals surface area contributed by atoms with E-state index in [1.807, 2.05) is 54.6 Å². The average molecular weight is 367 g/mol. The highest BCUT2D eigenvalue weighted by molar-refractivity contribution is 7.99. The van der Waals surface area contributed by atoms with Crippen molar-refractivity contribution >= 4 is 17.5 Å². The van der Waals surface area contributed by atoms with Gasteiger partial charge in [-0.1, -0.05) is 79.7 Å². The fourth-order valence-corrected chi connectivity index (χ4v) is 3.49. The number of rotatable bonds is 8. The SMILES string of the molecule is CCCCn1c(SCC(=O)c2ccc(-c3ccccc3)cc2)n[nH]c1=O. The van der Waals surface area contributed by atoms with Crippen molar-refractivity contribution in [1.29, 1.82) is 0 Å². The van der Waals surface area contributed by atoms with E-state index >= 15 is 0 Å². The summed E-state index contributed by atoms with van der Waals surface area (Å²) in [5, 5.41) is 7.05. The molecular formula is C20H21N3O2S. The molecule has 3 rings (SSSR count). The Kier molecular flexibility index (Phi) is 6.07. The lowest BCUT2D eigenvalue weighted by Gasteiger charge is -2.05. The lowest BCUT2D eigenvalue weighted by atomic mass is 10.0. The van der Waals surface area contributed by atoms with Crippen molar-refractivity contribution in [1.82, 2.24) is 14.8 Å². The first-order valence-electron chi connectivity index (χ1n) is 8.65. The molecule has 0 saturated carbocycles. The van der Waals surface area contributed by atoms with E-state index in [-0.39, 0.29) is 17.2 Å². The predicted octanol–water partition coefficient (Wildman–Crippen LogP) is 4.01. The molecule has 3 aromatic rings. The number of hydrogen-bond acceptors (Lipinski definition) is 4. The molecule has 0 bridgehead atoms. The monoisotopic (exact) mass is 367 g/mol. The maximum Gasteiger partial charge on any atom is 0.343 e. The van der Waals surface area contributed by atoms with Crippen LogP contribution in [0, 0.1) is 0 Å². The number of unbranched alkanes of at least 4 members (excludes halogenated alkanes) is 1. The molecule has 6 heteroatoms. The third-order valence-corrected chi connectivity index (χ3v) is 5.08. The number of nitrogens with zero attached hydrogens (tertiary/aromatic N) is 2. The molecule has 1 heterocycles. The fraction of sp³-hybridized carbons (Fsp3) is 0.250. The number of hydrogen-bond donors (Lipinski definition) is 1. The van der Waals surface area contributed by atoms with E-state index in [0.29, 0.717) is 17.3 Å². The molecule has 5 nitrogen and oxygen atoms in total. The van der Waals surface area contributed by atoms with Gasteiger partial charge >= 0.3 is 5.69 Å². The Morgan fingerprint density at radius 3 is 2.46 bits per heavy atom. The molecule has 0 aliphatic carbocycles. The molecule has 26 heavy (non-hydrogen) atoms. The summed E-state index contributed by atoms with van der Waals surface area (Å²) in [5.74, 6) is 0.272. The standard InChI is InChI=1S/C20H21N3O2S/c1-2-3-13-23-19(25)21-22-20(23)26-14-18(24)17-11-9-16(10-12-17)15-7-5-4-6-8-15/h4-12H,2-3,13-14H2,1H3,(H,21,25). The Labute approximate surface area is 156 Å². The maximum atomic E-state index is 12.5.